The molecule has 7 heteroatoms. The fourth-order valence-electron chi connectivity index (χ4n) is 4.69. The van der Waals surface area contributed by atoms with E-state index in [1.54, 1.807) is 31.6 Å². The van der Waals surface area contributed by atoms with E-state index in [0.717, 1.165) is 24.2 Å². The number of hydrogen-bond donors (Lipinski definition) is 2. The number of carbonyl (C=O) groups is 1. The number of aromatic nitrogens is 4. The van der Waals surface area contributed by atoms with Crippen LogP contribution in [-0.2, 0) is 6.42 Å². The molecule has 0 saturated carbocycles. The zero-order valence-corrected chi connectivity index (χ0v) is 19.1. The highest BCUT2D eigenvalue weighted by Crippen LogP contribution is 2.38. The van der Waals surface area contributed by atoms with Crippen LogP contribution in [0.2, 0.25) is 0 Å². The van der Waals surface area contributed by atoms with Crippen molar-refractivity contribution in [1.82, 2.24) is 25.3 Å². The topological polar surface area (TPSA) is 92.8 Å². The van der Waals surface area contributed by atoms with Crippen LogP contribution in [0.5, 0.6) is 5.88 Å². The van der Waals surface area contributed by atoms with Gasteiger partial charge in [0, 0.05) is 37.0 Å². The van der Waals surface area contributed by atoms with Crippen LogP contribution in [0, 0.1) is 23.7 Å². The molecule has 7 nitrogen and oxygen atoms in total. The molecule has 0 fully saturated rings. The summed E-state index contributed by atoms with van der Waals surface area (Å²) in [5.74, 6) is 3.21. The number of imidazole rings is 1. The van der Waals surface area contributed by atoms with Gasteiger partial charge in [-0.1, -0.05) is 25.5 Å². The van der Waals surface area contributed by atoms with Crippen molar-refractivity contribution in [3.63, 3.8) is 0 Å². The van der Waals surface area contributed by atoms with Crippen molar-refractivity contribution in [2.45, 2.75) is 33.6 Å². The summed E-state index contributed by atoms with van der Waals surface area (Å²) < 4.78 is 5.21. The summed E-state index contributed by atoms with van der Waals surface area (Å²) >= 11 is 0. The predicted octanol–water partition coefficient (Wildman–Crippen LogP) is 4.19. The van der Waals surface area contributed by atoms with Crippen LogP contribution in [-0.4, -0.2) is 39.5 Å². The molecule has 0 unspecified atom stereocenters. The first-order valence-corrected chi connectivity index (χ1v) is 11.2. The molecule has 168 valence electrons. The van der Waals surface area contributed by atoms with Crippen molar-refractivity contribution in [2.24, 2.45) is 23.7 Å². The largest absolute Gasteiger partial charge is 0.481 e. The number of rotatable bonds is 7. The number of nitrogens with zero attached hydrogens (tertiary/aromatic N) is 3. The minimum Gasteiger partial charge on any atom is -0.481 e. The van der Waals surface area contributed by atoms with Gasteiger partial charge in [0.25, 0.3) is 5.91 Å². The molecule has 0 saturated heterocycles. The lowest BCUT2D eigenvalue weighted by atomic mass is 9.69. The third kappa shape index (κ3) is 4.82. The van der Waals surface area contributed by atoms with Crippen molar-refractivity contribution in [2.75, 3.05) is 13.7 Å². The Morgan fingerprint density at radius 3 is 2.72 bits per heavy atom. The minimum atomic E-state index is -0.0479. The van der Waals surface area contributed by atoms with E-state index in [4.69, 9.17) is 9.72 Å². The van der Waals surface area contributed by atoms with Gasteiger partial charge in [-0.2, -0.15) is 4.98 Å². The van der Waals surface area contributed by atoms with E-state index in [1.165, 1.54) is 5.57 Å². The molecule has 0 aromatic carbocycles. The number of aromatic amines is 1. The van der Waals surface area contributed by atoms with Gasteiger partial charge in [-0.3, -0.25) is 9.78 Å². The maximum Gasteiger partial charge on any atom is 0.251 e. The number of nitrogens with one attached hydrogen (secondary N) is 2. The Bertz CT molecular complexity index is 1110. The molecular formula is C25H31N5O2. The van der Waals surface area contributed by atoms with Gasteiger partial charge in [0.15, 0.2) is 5.65 Å². The molecule has 0 aliphatic heterocycles. The third-order valence-corrected chi connectivity index (χ3v) is 6.54. The lowest BCUT2D eigenvalue weighted by Gasteiger charge is -2.37. The van der Waals surface area contributed by atoms with Crippen LogP contribution in [0.3, 0.4) is 0 Å². The second-order valence-corrected chi connectivity index (χ2v) is 8.97. The highest BCUT2D eigenvalue weighted by Gasteiger charge is 2.32. The van der Waals surface area contributed by atoms with Gasteiger partial charge in [0.1, 0.15) is 5.82 Å². The summed E-state index contributed by atoms with van der Waals surface area (Å²) in [4.78, 5) is 29.0. The maximum atomic E-state index is 12.5. The average Bonchev–Trinajstić information content (AvgIpc) is 3.20. The fourth-order valence-corrected chi connectivity index (χ4v) is 4.69. The van der Waals surface area contributed by atoms with E-state index in [1.807, 2.05) is 12.1 Å². The lowest BCUT2D eigenvalue weighted by Crippen LogP contribution is -2.37. The maximum absolute atomic E-state index is 12.5. The number of allylic oxidation sites excluding steroid dienone is 1. The van der Waals surface area contributed by atoms with E-state index >= 15 is 0 Å². The van der Waals surface area contributed by atoms with Gasteiger partial charge in [-0.05, 0) is 55.2 Å². The van der Waals surface area contributed by atoms with Gasteiger partial charge in [0.05, 0.1) is 12.6 Å². The third-order valence-electron chi connectivity index (χ3n) is 6.54. The molecule has 0 radical (unpaired) electrons. The van der Waals surface area contributed by atoms with Crippen LogP contribution >= 0.6 is 0 Å². The number of methoxy groups -OCH3 is 1. The molecule has 3 aromatic rings. The quantitative estimate of drug-likeness (QED) is 0.545. The Labute approximate surface area is 188 Å². The van der Waals surface area contributed by atoms with Gasteiger partial charge >= 0.3 is 0 Å². The van der Waals surface area contributed by atoms with Crippen molar-refractivity contribution in [3.8, 4) is 5.88 Å². The molecule has 1 amide bonds. The number of fused-ring (bicyclic) bond motifs is 1. The number of ether oxygens (including phenoxy) is 1. The first-order chi connectivity index (χ1) is 15.4. The van der Waals surface area contributed by atoms with E-state index in [0.29, 0.717) is 47.3 Å². The Morgan fingerprint density at radius 2 is 2.00 bits per heavy atom. The second-order valence-electron chi connectivity index (χ2n) is 8.97. The van der Waals surface area contributed by atoms with Crippen molar-refractivity contribution < 1.29 is 9.53 Å². The van der Waals surface area contributed by atoms with Gasteiger partial charge in [-0.15, -0.1) is 0 Å². The van der Waals surface area contributed by atoms with Gasteiger partial charge in [-0.25, -0.2) is 4.98 Å². The zero-order valence-electron chi connectivity index (χ0n) is 19.1. The minimum absolute atomic E-state index is 0.0479. The molecule has 0 bridgehead atoms. The number of H-pyrrole nitrogens is 1. The van der Waals surface area contributed by atoms with Crippen molar-refractivity contribution >= 4 is 17.1 Å². The molecule has 2 N–H and O–H groups in total. The molecule has 4 rings (SSSR count). The molecule has 1 aliphatic carbocycles. The molecule has 3 heterocycles. The molecule has 3 aromatic heterocycles. The summed E-state index contributed by atoms with van der Waals surface area (Å²) in [6, 6.07) is 7.28. The molecule has 0 spiro atoms. The normalized spacial score (nSPS) is 20.9. The highest BCUT2D eigenvalue weighted by molar-refractivity contribution is 5.93. The smallest absolute Gasteiger partial charge is 0.251 e. The van der Waals surface area contributed by atoms with Gasteiger partial charge < -0.3 is 15.0 Å². The summed E-state index contributed by atoms with van der Waals surface area (Å²) in [5, 5.41) is 3.12. The Balaban J connectivity index is 1.46. The lowest BCUT2D eigenvalue weighted by molar-refractivity contribution is 0.0939. The Hall–Kier alpha value is -3.22. The van der Waals surface area contributed by atoms with Gasteiger partial charge in [0.2, 0.25) is 5.88 Å². The number of hydrogen-bond acceptors (Lipinski definition) is 5. The zero-order chi connectivity index (χ0) is 22.7. The van der Waals surface area contributed by atoms with Crippen LogP contribution in [0.4, 0.5) is 0 Å². The van der Waals surface area contributed by atoms with E-state index in [2.05, 4.69) is 47.1 Å². The first kappa shape index (κ1) is 22.0. The molecular weight excluding hydrogens is 402 g/mol. The monoisotopic (exact) mass is 433 g/mol. The number of pyridine rings is 2. The summed E-state index contributed by atoms with van der Waals surface area (Å²) in [6.45, 7) is 7.38. The van der Waals surface area contributed by atoms with E-state index < -0.39 is 0 Å². The molecule has 3 atom stereocenters. The highest BCUT2D eigenvalue weighted by atomic mass is 16.5. The molecule has 1 aliphatic rings. The fraction of sp³-hybridized carbons (Fsp3) is 0.440. The van der Waals surface area contributed by atoms with E-state index in [9.17, 15) is 4.79 Å². The van der Waals surface area contributed by atoms with Crippen molar-refractivity contribution in [3.05, 3.63) is 59.7 Å². The number of amides is 1. The average molecular weight is 434 g/mol. The summed E-state index contributed by atoms with van der Waals surface area (Å²) in [6.07, 6.45) is 7.56. The predicted molar refractivity (Wildman–Crippen MR) is 124 cm³/mol. The Morgan fingerprint density at radius 1 is 1.22 bits per heavy atom. The molecule has 32 heavy (non-hydrogen) atoms. The van der Waals surface area contributed by atoms with Crippen LogP contribution in [0.25, 0.3) is 11.2 Å². The first-order valence-electron chi connectivity index (χ1n) is 11.2. The van der Waals surface area contributed by atoms with Crippen LogP contribution in [0.1, 0.15) is 43.4 Å². The Kier molecular flexibility index (Phi) is 6.53. The van der Waals surface area contributed by atoms with Crippen molar-refractivity contribution in [1.29, 1.82) is 0 Å². The SMILES string of the molecule is COc1ccc2[nH]c(C[C@@H]3C[C@@H](C(C)C)[C@H](CNC(=O)c4ccncc4)C=C3C)nc2n1. The van der Waals surface area contributed by atoms with E-state index in [-0.39, 0.29) is 5.91 Å². The summed E-state index contributed by atoms with van der Waals surface area (Å²) in [5.41, 5.74) is 3.62. The standard InChI is InChI=1S/C25H31N5O2/c1-15(2)20-12-18(13-22-28-21-5-6-23(32-4)30-24(21)29-22)16(3)11-19(20)14-27-25(31)17-7-9-26-10-8-17/h5-11,15,18-20H,12-14H2,1-4H3,(H,27,31)(H,28,29,30)/t18-,19-,20-/m0/s1. The van der Waals surface area contributed by atoms with Crippen LogP contribution in [0.15, 0.2) is 48.3 Å². The summed E-state index contributed by atoms with van der Waals surface area (Å²) in [7, 11) is 1.61. The second kappa shape index (κ2) is 9.51. The number of carbonyl (C=O) groups excluding carboxylic acids is 1. The van der Waals surface area contributed by atoms with Crippen LogP contribution < -0.4 is 10.1 Å².